The first-order valence-electron chi connectivity index (χ1n) is 7.20. The summed E-state index contributed by atoms with van der Waals surface area (Å²) in [4.78, 5) is 13.3. The topological polar surface area (TPSA) is 56.2 Å². The van der Waals surface area contributed by atoms with Crippen LogP contribution >= 0.6 is 11.3 Å². The van der Waals surface area contributed by atoms with Gasteiger partial charge >= 0.3 is 0 Å². The monoisotopic (exact) mass is 319 g/mol. The van der Waals surface area contributed by atoms with E-state index in [1.54, 1.807) is 12.1 Å². The second-order valence-corrected chi connectivity index (χ2v) is 6.06. The Morgan fingerprint density at radius 2 is 1.61 bits per heavy atom. The largest absolute Gasteiger partial charge is 0.440 e. The predicted octanol–water partition coefficient (Wildman–Crippen LogP) is 4.97. The lowest BCUT2D eigenvalue weighted by atomic mass is 10.0. The molecule has 2 N–H and O–H groups in total. The summed E-state index contributed by atoms with van der Waals surface area (Å²) >= 11 is 1.46. The lowest BCUT2D eigenvalue weighted by Gasteiger charge is -2.00. The lowest BCUT2D eigenvalue weighted by molar-refractivity contribution is 0.101. The standard InChI is InChI=1S/C19H13NO2S/c20-16-15-14(12-7-3-1-4-8-12)11-23-19(15)22-18(16)17(21)13-9-5-2-6-10-13/h1-11H,20H2. The van der Waals surface area contributed by atoms with Crippen LogP contribution in [0.25, 0.3) is 21.4 Å². The molecule has 2 heterocycles. The second kappa shape index (κ2) is 5.41. The van der Waals surface area contributed by atoms with E-state index < -0.39 is 0 Å². The fourth-order valence-electron chi connectivity index (χ4n) is 2.65. The van der Waals surface area contributed by atoms with Gasteiger partial charge in [-0.3, -0.25) is 4.79 Å². The molecule has 0 amide bonds. The van der Waals surface area contributed by atoms with Gasteiger partial charge in [0.2, 0.25) is 5.78 Å². The van der Waals surface area contributed by atoms with Gasteiger partial charge in [0.15, 0.2) is 10.7 Å². The van der Waals surface area contributed by atoms with Crippen molar-refractivity contribution in [1.29, 1.82) is 0 Å². The van der Waals surface area contributed by atoms with Crippen LogP contribution in [0.2, 0.25) is 0 Å². The van der Waals surface area contributed by atoms with Crippen LogP contribution in [0.4, 0.5) is 5.69 Å². The fourth-order valence-corrected chi connectivity index (χ4v) is 3.60. The summed E-state index contributed by atoms with van der Waals surface area (Å²) in [5.41, 5.74) is 9.29. The highest BCUT2D eigenvalue weighted by atomic mass is 32.1. The average Bonchev–Trinajstić information content (AvgIpc) is 3.16. The first-order chi connectivity index (χ1) is 11.3. The number of carbonyl (C=O) groups excluding carboxylic acids is 1. The quantitative estimate of drug-likeness (QED) is 0.542. The number of rotatable bonds is 3. The Morgan fingerprint density at radius 1 is 0.957 bits per heavy atom. The Balaban J connectivity index is 1.87. The van der Waals surface area contributed by atoms with Crippen LogP contribution in [0.15, 0.2) is 70.5 Å². The Hall–Kier alpha value is -2.85. The van der Waals surface area contributed by atoms with E-state index in [2.05, 4.69) is 0 Å². The number of anilines is 1. The molecule has 0 spiro atoms. The van der Waals surface area contributed by atoms with E-state index >= 15 is 0 Å². The van der Waals surface area contributed by atoms with Crippen LogP contribution in [0, 0.1) is 0 Å². The number of ketones is 1. The maximum atomic E-state index is 12.6. The van der Waals surface area contributed by atoms with Gasteiger partial charge < -0.3 is 10.2 Å². The molecule has 112 valence electrons. The second-order valence-electron chi connectivity index (χ2n) is 5.22. The highest BCUT2D eigenvalue weighted by Gasteiger charge is 2.23. The summed E-state index contributed by atoms with van der Waals surface area (Å²) in [6.07, 6.45) is 0. The average molecular weight is 319 g/mol. The van der Waals surface area contributed by atoms with Crippen LogP contribution < -0.4 is 5.73 Å². The fraction of sp³-hybridized carbons (Fsp3) is 0. The zero-order chi connectivity index (χ0) is 15.8. The van der Waals surface area contributed by atoms with Crippen molar-refractivity contribution >= 4 is 33.1 Å². The number of nitrogen functional groups attached to an aromatic ring is 1. The molecule has 4 heteroatoms. The van der Waals surface area contributed by atoms with E-state index in [0.29, 0.717) is 16.1 Å². The van der Waals surface area contributed by atoms with Gasteiger partial charge in [0.1, 0.15) is 0 Å². The number of furan rings is 1. The number of fused-ring (bicyclic) bond motifs is 1. The maximum Gasteiger partial charge on any atom is 0.230 e. The number of nitrogens with two attached hydrogens (primary N) is 1. The summed E-state index contributed by atoms with van der Waals surface area (Å²) in [7, 11) is 0. The van der Waals surface area contributed by atoms with Crippen molar-refractivity contribution in [2.45, 2.75) is 0 Å². The van der Waals surface area contributed by atoms with Gasteiger partial charge in [-0.2, -0.15) is 0 Å². The van der Waals surface area contributed by atoms with Crippen LogP contribution in [0.1, 0.15) is 16.1 Å². The Morgan fingerprint density at radius 3 is 2.30 bits per heavy atom. The SMILES string of the molecule is Nc1c(C(=O)c2ccccc2)oc2scc(-c3ccccc3)c12. The minimum absolute atomic E-state index is 0.189. The van der Waals surface area contributed by atoms with Gasteiger partial charge in [-0.15, -0.1) is 11.3 Å². The van der Waals surface area contributed by atoms with Gasteiger partial charge in [-0.05, 0) is 5.56 Å². The van der Waals surface area contributed by atoms with Gasteiger partial charge in [0, 0.05) is 16.5 Å². The molecule has 0 aliphatic carbocycles. The molecule has 23 heavy (non-hydrogen) atoms. The number of carbonyl (C=O) groups is 1. The molecular weight excluding hydrogens is 306 g/mol. The molecule has 3 nitrogen and oxygen atoms in total. The summed E-state index contributed by atoms with van der Waals surface area (Å²) in [6.45, 7) is 0. The van der Waals surface area contributed by atoms with Crippen molar-refractivity contribution in [2.24, 2.45) is 0 Å². The molecule has 2 aromatic carbocycles. The summed E-state index contributed by atoms with van der Waals surface area (Å²) < 4.78 is 5.76. The number of hydrogen-bond acceptors (Lipinski definition) is 4. The van der Waals surface area contributed by atoms with E-state index in [1.165, 1.54) is 11.3 Å². The third kappa shape index (κ3) is 2.24. The molecule has 0 fully saturated rings. The zero-order valence-corrected chi connectivity index (χ0v) is 13.0. The van der Waals surface area contributed by atoms with Crippen molar-refractivity contribution in [3.05, 3.63) is 77.4 Å². The summed E-state index contributed by atoms with van der Waals surface area (Å²) in [6, 6.07) is 19.0. The molecule has 0 aliphatic heterocycles. The first-order valence-corrected chi connectivity index (χ1v) is 8.08. The third-order valence-electron chi connectivity index (χ3n) is 3.79. The highest BCUT2D eigenvalue weighted by Crippen LogP contribution is 2.41. The Kier molecular flexibility index (Phi) is 3.24. The number of benzene rings is 2. The number of thiophene rings is 1. The van der Waals surface area contributed by atoms with E-state index in [-0.39, 0.29) is 11.5 Å². The molecule has 4 rings (SSSR count). The maximum absolute atomic E-state index is 12.6. The Bertz CT molecular complexity index is 984. The molecule has 2 aromatic heterocycles. The lowest BCUT2D eigenvalue weighted by Crippen LogP contribution is -2.02. The van der Waals surface area contributed by atoms with E-state index in [4.69, 9.17) is 10.2 Å². The van der Waals surface area contributed by atoms with E-state index in [1.807, 2.05) is 53.9 Å². The minimum atomic E-state index is -0.189. The van der Waals surface area contributed by atoms with Crippen LogP contribution in [-0.2, 0) is 0 Å². The van der Waals surface area contributed by atoms with E-state index in [9.17, 15) is 4.79 Å². The van der Waals surface area contributed by atoms with Crippen molar-refractivity contribution in [3.63, 3.8) is 0 Å². The smallest absolute Gasteiger partial charge is 0.230 e. The third-order valence-corrected chi connectivity index (χ3v) is 4.65. The van der Waals surface area contributed by atoms with Gasteiger partial charge in [-0.1, -0.05) is 60.7 Å². The van der Waals surface area contributed by atoms with E-state index in [0.717, 1.165) is 16.5 Å². The van der Waals surface area contributed by atoms with Crippen LogP contribution in [0.3, 0.4) is 0 Å². The van der Waals surface area contributed by atoms with Crippen LogP contribution in [-0.4, -0.2) is 5.78 Å². The van der Waals surface area contributed by atoms with Crippen molar-refractivity contribution in [2.75, 3.05) is 5.73 Å². The Labute approximate surface area is 137 Å². The molecule has 0 radical (unpaired) electrons. The molecule has 4 aromatic rings. The van der Waals surface area contributed by atoms with Gasteiger partial charge in [0.25, 0.3) is 0 Å². The summed E-state index contributed by atoms with van der Waals surface area (Å²) in [5.74, 6) is 0.0285. The molecule has 0 atom stereocenters. The van der Waals surface area contributed by atoms with Crippen LogP contribution in [0.5, 0.6) is 0 Å². The van der Waals surface area contributed by atoms with Crippen molar-refractivity contribution in [1.82, 2.24) is 0 Å². The van der Waals surface area contributed by atoms with Gasteiger partial charge in [-0.25, -0.2) is 0 Å². The summed E-state index contributed by atoms with van der Waals surface area (Å²) in [5, 5.41) is 2.83. The van der Waals surface area contributed by atoms with Gasteiger partial charge in [0.05, 0.1) is 11.1 Å². The number of hydrogen-bond donors (Lipinski definition) is 1. The highest BCUT2D eigenvalue weighted by molar-refractivity contribution is 7.17. The molecule has 0 bridgehead atoms. The normalized spacial score (nSPS) is 11.0. The predicted molar refractivity (Wildman–Crippen MR) is 93.8 cm³/mol. The zero-order valence-electron chi connectivity index (χ0n) is 12.2. The van der Waals surface area contributed by atoms with Crippen molar-refractivity contribution in [3.8, 4) is 11.1 Å². The molecule has 0 saturated heterocycles. The molecule has 0 aliphatic rings. The molecule has 0 unspecified atom stereocenters. The minimum Gasteiger partial charge on any atom is -0.440 e. The molecular formula is C19H13NO2S. The van der Waals surface area contributed by atoms with Crippen molar-refractivity contribution < 1.29 is 9.21 Å². The molecule has 0 saturated carbocycles. The first kappa shape index (κ1) is 13.8.